The van der Waals surface area contributed by atoms with E-state index in [0.29, 0.717) is 12.2 Å². The maximum absolute atomic E-state index is 13.2. The molecule has 0 aliphatic heterocycles. The summed E-state index contributed by atoms with van der Waals surface area (Å²) in [5.74, 6) is -0.463. The van der Waals surface area contributed by atoms with Crippen LogP contribution in [0.15, 0.2) is 36.4 Å². The van der Waals surface area contributed by atoms with Crippen LogP contribution >= 0.6 is 46.1 Å². The summed E-state index contributed by atoms with van der Waals surface area (Å²) in [5, 5.41) is 5.36. The number of thiophene rings is 1. The zero-order chi connectivity index (χ0) is 15.0. The summed E-state index contributed by atoms with van der Waals surface area (Å²) in [6.45, 7) is 0.475. The van der Waals surface area contributed by atoms with E-state index >= 15 is 0 Å². The first kappa shape index (κ1) is 14.9. The summed E-state index contributed by atoms with van der Waals surface area (Å²) in [6.07, 6.45) is 0. The van der Waals surface area contributed by atoms with Crippen molar-refractivity contribution in [2.45, 2.75) is 6.54 Å². The largest absolute Gasteiger partial charge is 0.378 e. The molecule has 0 atom stereocenters. The summed E-state index contributed by atoms with van der Waals surface area (Å²) in [5.41, 5.74) is 0.508. The number of halogens is 4. The highest BCUT2D eigenvalue weighted by Crippen LogP contribution is 2.37. The zero-order valence-electron chi connectivity index (χ0n) is 10.6. The topological polar surface area (TPSA) is 12.0 Å². The predicted octanol–water partition coefficient (Wildman–Crippen LogP) is 6.61. The maximum Gasteiger partial charge on any atom is 0.126 e. The molecule has 0 unspecified atom stereocenters. The van der Waals surface area contributed by atoms with Crippen molar-refractivity contribution in [3.63, 3.8) is 0 Å². The SMILES string of the molecule is Fc1cc(Cl)c(NCc2sc3ccccc3c2Cl)c(Cl)c1. The highest BCUT2D eigenvalue weighted by Gasteiger charge is 2.12. The molecular formula is C15H9Cl3FNS. The Labute approximate surface area is 140 Å². The van der Waals surface area contributed by atoms with Gasteiger partial charge in [-0.1, -0.05) is 53.0 Å². The van der Waals surface area contributed by atoms with Crippen molar-refractivity contribution in [1.29, 1.82) is 0 Å². The van der Waals surface area contributed by atoms with Crippen LogP contribution in [0.25, 0.3) is 10.1 Å². The van der Waals surface area contributed by atoms with E-state index in [2.05, 4.69) is 5.32 Å². The van der Waals surface area contributed by atoms with E-state index in [1.807, 2.05) is 24.3 Å². The summed E-state index contributed by atoms with van der Waals surface area (Å²) >= 11 is 20.0. The average Bonchev–Trinajstić information content (AvgIpc) is 2.75. The third kappa shape index (κ3) is 2.97. The Balaban J connectivity index is 1.89. The van der Waals surface area contributed by atoms with Crippen LogP contribution in [0, 0.1) is 5.82 Å². The van der Waals surface area contributed by atoms with Crippen molar-refractivity contribution in [1.82, 2.24) is 0 Å². The minimum absolute atomic E-state index is 0.247. The van der Waals surface area contributed by atoms with Crippen LogP contribution in [0.4, 0.5) is 10.1 Å². The molecule has 0 saturated heterocycles. The van der Waals surface area contributed by atoms with E-state index in [1.54, 1.807) is 11.3 Å². The van der Waals surface area contributed by atoms with Crippen LogP contribution in [-0.4, -0.2) is 0 Å². The first-order chi connectivity index (χ1) is 10.1. The van der Waals surface area contributed by atoms with Gasteiger partial charge >= 0.3 is 0 Å². The van der Waals surface area contributed by atoms with Gasteiger partial charge in [0.2, 0.25) is 0 Å². The number of anilines is 1. The monoisotopic (exact) mass is 359 g/mol. The minimum atomic E-state index is -0.463. The van der Waals surface area contributed by atoms with Crippen LogP contribution in [0.2, 0.25) is 15.1 Å². The summed E-state index contributed by atoms with van der Waals surface area (Å²) < 4.78 is 14.3. The van der Waals surface area contributed by atoms with Gasteiger partial charge < -0.3 is 5.32 Å². The zero-order valence-corrected chi connectivity index (χ0v) is 13.7. The molecule has 3 aromatic rings. The second kappa shape index (κ2) is 6.01. The van der Waals surface area contributed by atoms with Gasteiger partial charge in [0.1, 0.15) is 5.82 Å². The fourth-order valence-electron chi connectivity index (χ4n) is 2.06. The molecule has 0 aliphatic carbocycles. The van der Waals surface area contributed by atoms with Crippen molar-refractivity contribution >= 4 is 61.9 Å². The Morgan fingerprint density at radius 2 is 1.71 bits per heavy atom. The summed E-state index contributed by atoms with van der Waals surface area (Å²) in [4.78, 5) is 0.981. The highest BCUT2D eigenvalue weighted by molar-refractivity contribution is 7.19. The molecular weight excluding hydrogens is 352 g/mol. The van der Waals surface area contributed by atoms with Crippen molar-refractivity contribution in [3.8, 4) is 0 Å². The summed E-state index contributed by atoms with van der Waals surface area (Å²) in [7, 11) is 0. The summed E-state index contributed by atoms with van der Waals surface area (Å²) in [6, 6.07) is 10.4. The van der Waals surface area contributed by atoms with Crippen LogP contribution in [0.5, 0.6) is 0 Å². The van der Waals surface area contributed by atoms with E-state index < -0.39 is 5.82 Å². The Morgan fingerprint density at radius 1 is 1.05 bits per heavy atom. The molecule has 1 nitrogen and oxygen atoms in total. The van der Waals surface area contributed by atoms with E-state index in [-0.39, 0.29) is 10.0 Å². The van der Waals surface area contributed by atoms with Crippen molar-refractivity contribution in [2.24, 2.45) is 0 Å². The molecule has 0 bridgehead atoms. The number of rotatable bonds is 3. The molecule has 108 valence electrons. The smallest absolute Gasteiger partial charge is 0.126 e. The number of fused-ring (bicyclic) bond motifs is 1. The Morgan fingerprint density at radius 3 is 2.38 bits per heavy atom. The van der Waals surface area contributed by atoms with Gasteiger partial charge in [-0.2, -0.15) is 0 Å². The minimum Gasteiger partial charge on any atom is -0.378 e. The van der Waals surface area contributed by atoms with Gasteiger partial charge in [-0.3, -0.25) is 0 Å². The lowest BCUT2D eigenvalue weighted by molar-refractivity contribution is 0.628. The quantitative estimate of drug-likeness (QED) is 0.554. The number of nitrogens with one attached hydrogen (secondary N) is 1. The third-order valence-corrected chi connectivity index (χ3v) is 5.34. The van der Waals surface area contributed by atoms with Gasteiger partial charge in [0.25, 0.3) is 0 Å². The van der Waals surface area contributed by atoms with Crippen molar-refractivity contribution in [2.75, 3.05) is 5.32 Å². The van der Waals surface area contributed by atoms with Gasteiger partial charge in [-0.15, -0.1) is 11.3 Å². The van der Waals surface area contributed by atoms with Crippen LogP contribution < -0.4 is 5.32 Å². The molecule has 1 aromatic heterocycles. The molecule has 3 rings (SSSR count). The first-order valence-corrected chi connectivity index (χ1v) is 8.05. The van der Waals surface area contributed by atoms with Crippen molar-refractivity contribution in [3.05, 3.63) is 62.2 Å². The Hall–Kier alpha value is -1.000. The number of benzene rings is 2. The molecule has 6 heteroatoms. The lowest BCUT2D eigenvalue weighted by Crippen LogP contribution is -2.00. The molecule has 0 amide bonds. The normalized spacial score (nSPS) is 11.0. The molecule has 0 fully saturated rings. The molecule has 0 aliphatic rings. The van der Waals surface area contributed by atoms with E-state index in [4.69, 9.17) is 34.8 Å². The van der Waals surface area contributed by atoms with Crippen LogP contribution in [0.3, 0.4) is 0 Å². The van der Waals surface area contributed by atoms with Gasteiger partial charge in [-0.25, -0.2) is 4.39 Å². The van der Waals surface area contributed by atoms with Gasteiger partial charge in [0.05, 0.1) is 27.3 Å². The van der Waals surface area contributed by atoms with Gasteiger partial charge in [-0.05, 0) is 18.2 Å². The van der Waals surface area contributed by atoms with Crippen LogP contribution in [-0.2, 0) is 6.54 Å². The molecule has 0 saturated carbocycles. The number of hydrogen-bond donors (Lipinski definition) is 1. The lowest BCUT2D eigenvalue weighted by Gasteiger charge is -2.10. The second-order valence-corrected chi connectivity index (χ2v) is 6.76. The molecule has 0 spiro atoms. The van der Waals surface area contributed by atoms with E-state index in [1.165, 1.54) is 12.1 Å². The standard InChI is InChI=1S/C15H9Cl3FNS/c16-10-5-8(19)6-11(17)15(10)20-7-13-14(18)9-3-1-2-4-12(9)21-13/h1-6,20H,7H2. The van der Waals surface area contributed by atoms with Gasteiger partial charge in [0.15, 0.2) is 0 Å². The fourth-order valence-corrected chi connectivity index (χ4v) is 4.09. The van der Waals surface area contributed by atoms with E-state index in [9.17, 15) is 4.39 Å². The third-order valence-electron chi connectivity index (χ3n) is 3.03. The second-order valence-electron chi connectivity index (χ2n) is 4.43. The Bertz CT molecular complexity index is 793. The lowest BCUT2D eigenvalue weighted by atomic mass is 10.2. The fraction of sp³-hybridized carbons (Fsp3) is 0.0667. The molecule has 2 aromatic carbocycles. The average molecular weight is 361 g/mol. The molecule has 0 radical (unpaired) electrons. The molecule has 1 heterocycles. The van der Waals surface area contributed by atoms with Crippen molar-refractivity contribution < 1.29 is 4.39 Å². The highest BCUT2D eigenvalue weighted by atomic mass is 35.5. The number of hydrogen-bond acceptors (Lipinski definition) is 2. The van der Waals surface area contributed by atoms with E-state index in [0.717, 1.165) is 20.0 Å². The van der Waals surface area contributed by atoms with Crippen LogP contribution in [0.1, 0.15) is 4.88 Å². The predicted molar refractivity (Wildman–Crippen MR) is 90.6 cm³/mol. The Kier molecular flexibility index (Phi) is 4.27. The molecule has 1 N–H and O–H groups in total. The first-order valence-electron chi connectivity index (χ1n) is 6.10. The molecule has 21 heavy (non-hydrogen) atoms. The maximum atomic E-state index is 13.2. The van der Waals surface area contributed by atoms with Gasteiger partial charge in [0, 0.05) is 15.0 Å².